The molecule has 7 rings (SSSR count). The van der Waals surface area contributed by atoms with Gasteiger partial charge in [0.2, 0.25) is 15.9 Å². The van der Waals surface area contributed by atoms with Crippen LogP contribution < -0.4 is 14.8 Å². The Balaban J connectivity index is 1.29. The Morgan fingerprint density at radius 2 is 2.09 bits per heavy atom. The van der Waals surface area contributed by atoms with Crippen LogP contribution in [0.25, 0.3) is 6.08 Å². The minimum atomic E-state index is -4.22. The van der Waals surface area contributed by atoms with Crippen LogP contribution in [0.15, 0.2) is 70.4 Å². The van der Waals surface area contributed by atoms with E-state index < -0.39 is 44.2 Å². The number of benzene rings is 2. The third-order valence-corrected chi connectivity index (χ3v) is 11.5. The number of ether oxygens (including phenoxy) is 2. The van der Waals surface area contributed by atoms with Crippen molar-refractivity contribution in [3.8, 4) is 11.5 Å². The largest absolute Gasteiger partial charge is 0.493 e. The van der Waals surface area contributed by atoms with Gasteiger partial charge in [-0.25, -0.2) is 8.42 Å². The van der Waals surface area contributed by atoms with E-state index in [9.17, 15) is 28.4 Å². The number of carbonyl (C=O) groups excluding carboxylic acids is 1. The normalized spacial score (nSPS) is 29.1. The van der Waals surface area contributed by atoms with Crippen molar-refractivity contribution < 1.29 is 37.1 Å². The summed E-state index contributed by atoms with van der Waals surface area (Å²) in [5.41, 5.74) is -0.523. The molecule has 2 aliphatic carbocycles. The summed E-state index contributed by atoms with van der Waals surface area (Å²) in [6, 6.07) is 8.99. The van der Waals surface area contributed by atoms with Gasteiger partial charge < -0.3 is 24.3 Å². The number of methoxy groups -OCH3 is 1. The van der Waals surface area contributed by atoms with Crippen molar-refractivity contribution in [3.63, 3.8) is 0 Å². The standard InChI is InChI=1S/C30H29N3O9S/c1-40-23-7-6-19-15-24-30(35)11-9-22(31-25(34)8-5-18-10-14-41-17-18)28-29(30,26(19)27(23)42-28)12-13-32(24)43(38,39)21-4-2-3-20(16-21)33(36)37/h2-8,10,14,16-17,22,24,28,35H,9,11-13,15H2,1H3,(H,31,34)/b8-5+/t22-,24-,28+,29+,30-/m0/s1. The summed E-state index contributed by atoms with van der Waals surface area (Å²) in [6.45, 7) is 0.0506. The predicted molar refractivity (Wildman–Crippen MR) is 152 cm³/mol. The fourth-order valence-corrected chi connectivity index (χ4v) is 9.46. The summed E-state index contributed by atoms with van der Waals surface area (Å²) in [5.74, 6) is 0.671. The molecule has 2 aromatic carbocycles. The van der Waals surface area contributed by atoms with Crippen molar-refractivity contribution in [2.75, 3.05) is 13.7 Å². The molecule has 1 saturated heterocycles. The number of piperidine rings is 1. The molecule has 12 nitrogen and oxygen atoms in total. The van der Waals surface area contributed by atoms with E-state index >= 15 is 0 Å². The number of aliphatic hydroxyl groups is 1. The lowest BCUT2D eigenvalue weighted by Gasteiger charge is -2.63. The Morgan fingerprint density at radius 1 is 1.26 bits per heavy atom. The molecular formula is C30H29N3O9S. The van der Waals surface area contributed by atoms with E-state index in [0.29, 0.717) is 17.9 Å². The van der Waals surface area contributed by atoms with Gasteiger partial charge in [0.25, 0.3) is 5.69 Å². The van der Waals surface area contributed by atoms with E-state index in [-0.39, 0.29) is 42.3 Å². The van der Waals surface area contributed by atoms with Crippen LogP contribution in [0, 0.1) is 10.1 Å². The number of nitrogens with zero attached hydrogens (tertiary/aromatic N) is 2. The number of nitro groups is 1. The van der Waals surface area contributed by atoms with Crippen LogP contribution >= 0.6 is 0 Å². The predicted octanol–water partition coefficient (Wildman–Crippen LogP) is 2.94. The van der Waals surface area contributed by atoms with Gasteiger partial charge in [-0.15, -0.1) is 0 Å². The van der Waals surface area contributed by atoms with E-state index in [1.807, 2.05) is 6.07 Å². The van der Waals surface area contributed by atoms with Gasteiger partial charge in [0.1, 0.15) is 6.10 Å². The maximum Gasteiger partial charge on any atom is 0.270 e. The maximum absolute atomic E-state index is 14.0. The third kappa shape index (κ3) is 3.88. The number of nitrogens with one attached hydrogen (secondary N) is 1. The number of furan rings is 1. The van der Waals surface area contributed by atoms with Crippen LogP contribution in [0.2, 0.25) is 0 Å². The number of nitro benzene ring substituents is 1. The first-order valence-electron chi connectivity index (χ1n) is 14.0. The van der Waals surface area contributed by atoms with Crippen LogP contribution in [0.5, 0.6) is 11.5 Å². The number of non-ortho nitro benzene ring substituents is 1. The van der Waals surface area contributed by atoms with E-state index in [1.54, 1.807) is 18.2 Å². The second-order valence-corrected chi connectivity index (χ2v) is 13.3. The van der Waals surface area contributed by atoms with Gasteiger partial charge in [0.15, 0.2) is 11.5 Å². The molecular weight excluding hydrogens is 578 g/mol. The van der Waals surface area contributed by atoms with Gasteiger partial charge in [-0.3, -0.25) is 14.9 Å². The van der Waals surface area contributed by atoms with Crippen molar-refractivity contribution in [3.05, 3.63) is 87.9 Å². The average molecular weight is 608 g/mol. The monoisotopic (exact) mass is 607 g/mol. The first kappa shape index (κ1) is 27.6. The molecule has 1 spiro atoms. The quantitative estimate of drug-likeness (QED) is 0.234. The maximum atomic E-state index is 14.0. The lowest BCUT2D eigenvalue weighted by Crippen LogP contribution is -2.78. The van der Waals surface area contributed by atoms with Gasteiger partial charge in [0.05, 0.1) is 52.6 Å². The number of rotatable bonds is 7. The number of sulfonamides is 1. The van der Waals surface area contributed by atoms with Crippen LogP contribution in [-0.2, 0) is 26.7 Å². The van der Waals surface area contributed by atoms with Gasteiger partial charge in [0, 0.05) is 35.9 Å². The Kier molecular flexibility index (Phi) is 6.20. The second kappa shape index (κ2) is 9.66. The van der Waals surface area contributed by atoms with Crippen LogP contribution in [0.3, 0.4) is 0 Å². The molecule has 0 unspecified atom stereocenters. The lowest BCUT2D eigenvalue weighted by molar-refractivity contribution is -0.385. The zero-order valence-electron chi connectivity index (χ0n) is 23.1. The fraction of sp³-hybridized carbons (Fsp3) is 0.367. The van der Waals surface area contributed by atoms with Crippen molar-refractivity contribution >= 4 is 27.7 Å². The number of carbonyl (C=O) groups is 1. The Labute approximate surface area is 247 Å². The smallest absolute Gasteiger partial charge is 0.270 e. The Bertz CT molecular complexity index is 1770. The van der Waals surface area contributed by atoms with Crippen LogP contribution in [0.4, 0.5) is 5.69 Å². The molecule has 43 heavy (non-hydrogen) atoms. The summed E-state index contributed by atoms with van der Waals surface area (Å²) < 4.78 is 46.6. The molecule has 3 heterocycles. The van der Waals surface area contributed by atoms with Crippen LogP contribution in [-0.4, -0.2) is 66.1 Å². The fourth-order valence-electron chi connectivity index (χ4n) is 7.76. The van der Waals surface area contributed by atoms with Crippen molar-refractivity contribution in [2.24, 2.45) is 0 Å². The van der Waals surface area contributed by atoms with Crippen LogP contribution in [0.1, 0.15) is 36.0 Å². The molecule has 5 atom stereocenters. The molecule has 1 saturated carbocycles. The molecule has 2 N–H and O–H groups in total. The first-order valence-corrected chi connectivity index (χ1v) is 15.4. The molecule has 0 radical (unpaired) electrons. The van der Waals surface area contributed by atoms with E-state index in [0.717, 1.165) is 22.8 Å². The topological polar surface area (TPSA) is 161 Å². The molecule has 2 bridgehead atoms. The molecule has 1 aromatic heterocycles. The zero-order valence-corrected chi connectivity index (χ0v) is 24.0. The first-order chi connectivity index (χ1) is 20.6. The molecule has 2 fully saturated rings. The Morgan fingerprint density at radius 3 is 2.84 bits per heavy atom. The average Bonchev–Trinajstić information content (AvgIpc) is 3.63. The van der Waals surface area contributed by atoms with Crippen molar-refractivity contribution in [2.45, 2.75) is 59.8 Å². The van der Waals surface area contributed by atoms with E-state index in [1.165, 1.54) is 48.2 Å². The summed E-state index contributed by atoms with van der Waals surface area (Å²) in [7, 11) is -2.69. The lowest BCUT2D eigenvalue weighted by atomic mass is 9.48. The molecule has 3 aromatic rings. The van der Waals surface area contributed by atoms with E-state index in [4.69, 9.17) is 13.9 Å². The summed E-state index contributed by atoms with van der Waals surface area (Å²) in [6.07, 6.45) is 6.36. The highest BCUT2D eigenvalue weighted by molar-refractivity contribution is 7.89. The number of hydrogen-bond donors (Lipinski definition) is 2. The van der Waals surface area contributed by atoms with Gasteiger partial charge in [-0.2, -0.15) is 4.31 Å². The molecule has 1 amide bonds. The Hall–Kier alpha value is -4.20. The van der Waals surface area contributed by atoms with Gasteiger partial charge in [-0.05, 0) is 55.5 Å². The third-order valence-electron chi connectivity index (χ3n) is 9.55. The summed E-state index contributed by atoms with van der Waals surface area (Å²) in [5, 5.41) is 27.2. The van der Waals surface area contributed by atoms with Gasteiger partial charge in [-0.1, -0.05) is 12.1 Å². The minimum Gasteiger partial charge on any atom is -0.493 e. The molecule has 4 aliphatic rings. The number of hydrogen-bond acceptors (Lipinski definition) is 9. The van der Waals surface area contributed by atoms with Gasteiger partial charge >= 0.3 is 0 Å². The zero-order chi connectivity index (χ0) is 30.1. The highest BCUT2D eigenvalue weighted by atomic mass is 32.2. The van der Waals surface area contributed by atoms with Crippen molar-refractivity contribution in [1.82, 2.24) is 9.62 Å². The molecule has 2 aliphatic heterocycles. The second-order valence-electron chi connectivity index (χ2n) is 11.4. The summed E-state index contributed by atoms with van der Waals surface area (Å²) >= 11 is 0. The van der Waals surface area contributed by atoms with E-state index in [2.05, 4.69) is 5.32 Å². The summed E-state index contributed by atoms with van der Waals surface area (Å²) in [4.78, 5) is 23.6. The minimum absolute atomic E-state index is 0.0506. The number of amides is 1. The molecule has 224 valence electrons. The highest BCUT2D eigenvalue weighted by Crippen LogP contribution is 2.65. The molecule has 13 heteroatoms. The SMILES string of the molecule is COc1ccc2c3c1O[C@@H]1[C@@H](NC(=O)/C=C/c4ccoc4)CC[C@]4(O)[C@H](C2)N(S(=O)(=O)c2cccc([N+](=O)[O-])c2)CC[C@@]314. The highest BCUT2D eigenvalue weighted by Gasteiger charge is 2.74. The van der Waals surface area contributed by atoms with Crippen molar-refractivity contribution in [1.29, 1.82) is 0 Å².